The van der Waals surface area contributed by atoms with Crippen LogP contribution in [0.4, 0.5) is 0 Å². The standard InChI is InChI=1S/C43H60ClNO5/c1-8-42-22-18-34(50-37(47)23-40(5,6)39(48)49)27(4)32(42)16-19-41(7)33-17-21-43(36(46)25-45-24-28-9-11-29(44)12-10-28)20-15-30(26(2)3)38(43)31(33)13-14-35(41)42/h9-12,16,26-27,31,33-35,45H,8,13-15,17-25H2,1-7H3,(H,48,49). The maximum atomic E-state index is 14.4. The molecule has 3 saturated carbocycles. The summed E-state index contributed by atoms with van der Waals surface area (Å²) in [5.41, 5.74) is 4.46. The second-order valence-electron chi connectivity index (χ2n) is 17.8. The lowest BCUT2D eigenvalue weighted by atomic mass is 9.39. The van der Waals surface area contributed by atoms with Gasteiger partial charge in [-0.1, -0.05) is 81.1 Å². The van der Waals surface area contributed by atoms with Gasteiger partial charge in [0, 0.05) is 17.5 Å². The summed E-state index contributed by atoms with van der Waals surface area (Å²) >= 11 is 6.09. The Hall–Kier alpha value is -2.44. The van der Waals surface area contributed by atoms with E-state index >= 15 is 0 Å². The van der Waals surface area contributed by atoms with Gasteiger partial charge in [0.15, 0.2) is 5.78 Å². The van der Waals surface area contributed by atoms with Crippen LogP contribution in [0, 0.1) is 51.2 Å². The molecule has 5 aliphatic rings. The van der Waals surface area contributed by atoms with Crippen LogP contribution in [0.2, 0.25) is 5.02 Å². The van der Waals surface area contributed by atoms with Crippen molar-refractivity contribution in [3.63, 3.8) is 0 Å². The Morgan fingerprint density at radius 3 is 2.44 bits per heavy atom. The van der Waals surface area contributed by atoms with E-state index in [1.54, 1.807) is 19.4 Å². The third kappa shape index (κ3) is 6.22. The van der Waals surface area contributed by atoms with Crippen molar-refractivity contribution < 1.29 is 24.2 Å². The number of rotatable bonds is 11. The lowest BCUT2D eigenvalue weighted by Crippen LogP contribution is -2.58. The molecule has 0 heterocycles. The second-order valence-corrected chi connectivity index (χ2v) is 18.2. The predicted octanol–water partition coefficient (Wildman–Crippen LogP) is 9.74. The van der Waals surface area contributed by atoms with E-state index in [2.05, 4.69) is 46.0 Å². The van der Waals surface area contributed by atoms with Crippen molar-refractivity contribution in [2.45, 2.75) is 132 Å². The Labute approximate surface area is 305 Å². The Morgan fingerprint density at radius 2 is 1.78 bits per heavy atom. The quantitative estimate of drug-likeness (QED) is 0.176. The summed E-state index contributed by atoms with van der Waals surface area (Å²) in [6.07, 6.45) is 12.5. The molecule has 2 N–H and O–H groups in total. The number of fused-ring (bicyclic) bond motifs is 7. The zero-order valence-corrected chi connectivity index (χ0v) is 32.3. The van der Waals surface area contributed by atoms with Crippen molar-refractivity contribution >= 4 is 29.3 Å². The van der Waals surface area contributed by atoms with Crippen LogP contribution in [0.5, 0.6) is 0 Å². The fourth-order valence-corrected chi connectivity index (χ4v) is 12.1. The number of hydrogen-bond acceptors (Lipinski definition) is 5. The number of benzene rings is 1. The number of ether oxygens (including phenoxy) is 1. The SMILES string of the molecule is CCC12CCC(OC(=O)CC(C)(C)C(=O)O)C(C)C1=CCC1(C)C3CCC4(C(=O)CNCc5ccc(Cl)cc5)CCC(C(C)C)=C4C3CCC21. The van der Waals surface area contributed by atoms with Crippen molar-refractivity contribution in [2.24, 2.45) is 51.2 Å². The van der Waals surface area contributed by atoms with Gasteiger partial charge in [0.2, 0.25) is 0 Å². The number of esters is 1. The summed E-state index contributed by atoms with van der Waals surface area (Å²) in [5, 5.41) is 13.8. The molecular weight excluding hydrogens is 646 g/mol. The van der Waals surface area contributed by atoms with Crippen LogP contribution < -0.4 is 5.32 Å². The Balaban J connectivity index is 1.23. The number of ketones is 1. The van der Waals surface area contributed by atoms with E-state index in [1.807, 2.05) is 24.3 Å². The molecule has 0 aromatic heterocycles. The minimum atomic E-state index is -1.15. The van der Waals surface area contributed by atoms with Gasteiger partial charge in [0.1, 0.15) is 6.10 Å². The molecule has 0 aliphatic heterocycles. The molecule has 0 saturated heterocycles. The molecule has 6 rings (SSSR count). The minimum Gasteiger partial charge on any atom is -0.481 e. The summed E-state index contributed by atoms with van der Waals surface area (Å²) in [5.74, 6) is 1.12. The molecule has 8 unspecified atom stereocenters. The molecule has 8 atom stereocenters. The van der Waals surface area contributed by atoms with Crippen LogP contribution in [-0.4, -0.2) is 35.5 Å². The third-order valence-electron chi connectivity index (χ3n) is 14.6. The first-order valence-electron chi connectivity index (χ1n) is 19.4. The zero-order valence-electron chi connectivity index (χ0n) is 31.5. The topological polar surface area (TPSA) is 92.7 Å². The molecule has 274 valence electrons. The molecule has 5 aliphatic carbocycles. The monoisotopic (exact) mass is 705 g/mol. The average molecular weight is 706 g/mol. The first-order valence-corrected chi connectivity index (χ1v) is 19.8. The van der Waals surface area contributed by atoms with Crippen molar-refractivity contribution in [2.75, 3.05) is 6.54 Å². The highest BCUT2D eigenvalue weighted by molar-refractivity contribution is 6.30. The van der Waals surface area contributed by atoms with Gasteiger partial charge >= 0.3 is 11.9 Å². The maximum absolute atomic E-state index is 14.4. The first-order chi connectivity index (χ1) is 23.6. The molecule has 0 bridgehead atoms. The molecule has 0 amide bonds. The van der Waals surface area contributed by atoms with Gasteiger partial charge in [-0.2, -0.15) is 0 Å². The molecule has 7 heteroatoms. The largest absolute Gasteiger partial charge is 0.481 e. The molecule has 1 aromatic rings. The van der Waals surface area contributed by atoms with Crippen LogP contribution in [0.25, 0.3) is 0 Å². The van der Waals surface area contributed by atoms with Gasteiger partial charge < -0.3 is 15.2 Å². The number of aliphatic carboxylic acids is 1. The molecule has 6 nitrogen and oxygen atoms in total. The first kappa shape index (κ1) is 37.3. The van der Waals surface area contributed by atoms with E-state index < -0.39 is 17.4 Å². The summed E-state index contributed by atoms with van der Waals surface area (Å²) in [6.45, 7) is 16.1. The lowest BCUT2D eigenvalue weighted by molar-refractivity contribution is -0.164. The number of halogens is 1. The Morgan fingerprint density at radius 1 is 1.06 bits per heavy atom. The molecule has 0 radical (unpaired) electrons. The highest BCUT2D eigenvalue weighted by atomic mass is 35.5. The van der Waals surface area contributed by atoms with Gasteiger partial charge in [0.05, 0.1) is 23.8 Å². The Kier molecular flexibility index (Phi) is 10.3. The third-order valence-corrected chi connectivity index (χ3v) is 14.8. The van der Waals surface area contributed by atoms with Crippen molar-refractivity contribution in [1.29, 1.82) is 0 Å². The van der Waals surface area contributed by atoms with Gasteiger partial charge in [-0.3, -0.25) is 14.4 Å². The van der Waals surface area contributed by atoms with Gasteiger partial charge in [-0.25, -0.2) is 0 Å². The molecule has 1 aromatic carbocycles. The summed E-state index contributed by atoms with van der Waals surface area (Å²) in [4.78, 5) is 39.0. The number of carbonyl (C=O) groups excluding carboxylic acids is 2. The maximum Gasteiger partial charge on any atom is 0.309 e. The Bertz CT molecular complexity index is 1560. The fourth-order valence-electron chi connectivity index (χ4n) is 12.0. The molecule has 3 fully saturated rings. The van der Waals surface area contributed by atoms with E-state index in [1.165, 1.54) is 17.6 Å². The summed E-state index contributed by atoms with van der Waals surface area (Å²) < 4.78 is 6.06. The lowest BCUT2D eigenvalue weighted by Gasteiger charge is -2.65. The zero-order chi connectivity index (χ0) is 36.2. The number of hydrogen-bond donors (Lipinski definition) is 2. The second kappa shape index (κ2) is 13.8. The number of nitrogens with one attached hydrogen (secondary N) is 1. The van der Waals surface area contributed by atoms with Crippen molar-refractivity contribution in [3.05, 3.63) is 57.6 Å². The number of carboxylic acids is 1. The van der Waals surface area contributed by atoms with E-state index in [9.17, 15) is 19.5 Å². The number of allylic oxidation sites excluding steroid dienone is 3. The van der Waals surface area contributed by atoms with E-state index in [0.29, 0.717) is 42.5 Å². The predicted molar refractivity (Wildman–Crippen MR) is 198 cm³/mol. The van der Waals surface area contributed by atoms with Crippen LogP contribution in [0.3, 0.4) is 0 Å². The van der Waals surface area contributed by atoms with Crippen molar-refractivity contribution in [1.82, 2.24) is 5.32 Å². The van der Waals surface area contributed by atoms with Gasteiger partial charge in [-0.15, -0.1) is 0 Å². The van der Waals surface area contributed by atoms with E-state index in [4.69, 9.17) is 16.3 Å². The smallest absolute Gasteiger partial charge is 0.309 e. The molecular formula is C43H60ClNO5. The number of carboxylic acid groups (broad SMARTS) is 1. The van der Waals surface area contributed by atoms with Crippen LogP contribution in [0.1, 0.15) is 125 Å². The van der Waals surface area contributed by atoms with Crippen LogP contribution >= 0.6 is 11.6 Å². The van der Waals surface area contributed by atoms with Gasteiger partial charge in [0.25, 0.3) is 0 Å². The van der Waals surface area contributed by atoms with E-state index in [0.717, 1.165) is 68.4 Å². The van der Waals surface area contributed by atoms with E-state index in [-0.39, 0.29) is 34.7 Å². The highest BCUT2D eigenvalue weighted by Crippen LogP contribution is 2.71. The fraction of sp³-hybridized carbons (Fsp3) is 0.698. The van der Waals surface area contributed by atoms with Crippen molar-refractivity contribution in [3.8, 4) is 0 Å². The number of Topliss-reactive ketones (excluding diaryl/α,β-unsaturated/α-hetero) is 1. The normalized spacial score (nSPS) is 35.1. The van der Waals surface area contributed by atoms with Crippen LogP contribution in [-0.2, 0) is 25.7 Å². The average Bonchev–Trinajstić information content (AvgIpc) is 3.48. The molecule has 0 spiro atoms. The van der Waals surface area contributed by atoms with Crippen LogP contribution in [0.15, 0.2) is 47.1 Å². The minimum absolute atomic E-state index is 0.0848. The van der Waals surface area contributed by atoms with Gasteiger partial charge in [-0.05, 0) is 130 Å². The highest BCUT2D eigenvalue weighted by Gasteiger charge is 2.64. The molecule has 50 heavy (non-hydrogen) atoms. The number of carbonyl (C=O) groups is 3. The summed E-state index contributed by atoms with van der Waals surface area (Å²) in [6, 6.07) is 7.86. The summed E-state index contributed by atoms with van der Waals surface area (Å²) in [7, 11) is 0.